The number of hydrogen-bond donors (Lipinski definition) is 1. The third kappa shape index (κ3) is 3.13. The fourth-order valence-corrected chi connectivity index (χ4v) is 1.99. The summed E-state index contributed by atoms with van der Waals surface area (Å²) >= 11 is 0. The summed E-state index contributed by atoms with van der Waals surface area (Å²) in [6.07, 6.45) is 0. The molecule has 21 heavy (non-hydrogen) atoms. The number of ether oxygens (including phenoxy) is 2. The van der Waals surface area contributed by atoms with Gasteiger partial charge in [-0.25, -0.2) is 9.78 Å². The van der Waals surface area contributed by atoms with E-state index in [1.807, 2.05) is 19.9 Å². The van der Waals surface area contributed by atoms with Crippen LogP contribution in [0.4, 0.5) is 5.69 Å². The molecule has 0 bridgehead atoms. The summed E-state index contributed by atoms with van der Waals surface area (Å²) in [5.74, 6) is 0.643. The molecular weight excluding hydrogens is 268 g/mol. The first-order valence-electron chi connectivity index (χ1n) is 6.53. The number of aromatic nitrogens is 1. The molecule has 1 aromatic heterocycles. The molecule has 2 aromatic rings. The van der Waals surface area contributed by atoms with E-state index in [4.69, 9.17) is 10.5 Å². The maximum atomic E-state index is 11.5. The minimum Gasteiger partial charge on any atom is -0.465 e. The molecule has 0 radical (unpaired) electrons. The third-order valence-corrected chi connectivity index (χ3v) is 3.24. The van der Waals surface area contributed by atoms with E-state index in [1.54, 1.807) is 25.1 Å². The lowest BCUT2D eigenvalue weighted by Crippen LogP contribution is -2.05. The van der Waals surface area contributed by atoms with E-state index in [1.165, 1.54) is 7.11 Å². The van der Waals surface area contributed by atoms with Gasteiger partial charge in [0.15, 0.2) is 0 Å². The first-order chi connectivity index (χ1) is 9.92. The number of carbonyl (C=O) groups excluding carboxylic acids is 1. The van der Waals surface area contributed by atoms with Gasteiger partial charge in [0.25, 0.3) is 0 Å². The van der Waals surface area contributed by atoms with E-state index in [2.05, 4.69) is 9.72 Å². The number of aryl methyl sites for hydroxylation is 3. The fraction of sp³-hybridized carbons (Fsp3) is 0.250. The summed E-state index contributed by atoms with van der Waals surface area (Å²) in [5.41, 5.74) is 9.51. The molecule has 5 nitrogen and oxygen atoms in total. The van der Waals surface area contributed by atoms with Gasteiger partial charge < -0.3 is 15.2 Å². The monoisotopic (exact) mass is 286 g/mol. The molecule has 0 aliphatic heterocycles. The third-order valence-electron chi connectivity index (χ3n) is 3.24. The molecule has 1 heterocycles. The van der Waals surface area contributed by atoms with Crippen LogP contribution in [0.5, 0.6) is 11.6 Å². The van der Waals surface area contributed by atoms with Gasteiger partial charge in [-0.05, 0) is 38.0 Å². The Kier molecular flexibility index (Phi) is 4.12. The highest BCUT2D eigenvalue weighted by molar-refractivity contribution is 5.90. The van der Waals surface area contributed by atoms with Crippen molar-refractivity contribution >= 4 is 11.7 Å². The first kappa shape index (κ1) is 14.8. The van der Waals surface area contributed by atoms with E-state index in [-0.39, 0.29) is 0 Å². The standard InChI is InChI=1S/C16H18N2O3/c1-9-7-10(2)14(8-13(9)17)21-15-6-5-12(11(3)18-15)16(19)20-4/h5-8H,17H2,1-4H3. The molecule has 0 unspecified atom stereocenters. The number of benzene rings is 1. The highest BCUT2D eigenvalue weighted by atomic mass is 16.5. The van der Waals surface area contributed by atoms with Crippen LogP contribution >= 0.6 is 0 Å². The highest BCUT2D eigenvalue weighted by Gasteiger charge is 2.12. The topological polar surface area (TPSA) is 74.4 Å². The zero-order chi connectivity index (χ0) is 15.6. The quantitative estimate of drug-likeness (QED) is 0.693. The zero-order valence-corrected chi connectivity index (χ0v) is 12.6. The Morgan fingerprint density at radius 3 is 2.48 bits per heavy atom. The first-order valence-corrected chi connectivity index (χ1v) is 6.53. The van der Waals surface area contributed by atoms with Gasteiger partial charge in [-0.1, -0.05) is 6.07 Å². The predicted molar refractivity (Wildman–Crippen MR) is 80.7 cm³/mol. The number of rotatable bonds is 3. The maximum Gasteiger partial charge on any atom is 0.339 e. The number of hydrogen-bond acceptors (Lipinski definition) is 5. The number of nitrogens with two attached hydrogens (primary N) is 1. The van der Waals surface area contributed by atoms with Crippen molar-refractivity contribution in [3.63, 3.8) is 0 Å². The van der Waals surface area contributed by atoms with Crippen molar-refractivity contribution in [2.75, 3.05) is 12.8 Å². The molecule has 1 aromatic carbocycles. The van der Waals surface area contributed by atoms with Crippen molar-refractivity contribution in [2.45, 2.75) is 20.8 Å². The number of carbonyl (C=O) groups is 1. The number of anilines is 1. The van der Waals surface area contributed by atoms with Gasteiger partial charge in [0, 0.05) is 17.8 Å². The summed E-state index contributed by atoms with van der Waals surface area (Å²) in [5, 5.41) is 0. The van der Waals surface area contributed by atoms with Crippen molar-refractivity contribution in [2.24, 2.45) is 0 Å². The SMILES string of the molecule is COC(=O)c1ccc(Oc2cc(N)c(C)cc2C)nc1C. The fourth-order valence-electron chi connectivity index (χ4n) is 1.99. The number of methoxy groups -OCH3 is 1. The minimum atomic E-state index is -0.415. The molecule has 0 saturated carbocycles. The normalized spacial score (nSPS) is 10.3. The highest BCUT2D eigenvalue weighted by Crippen LogP contribution is 2.28. The molecule has 0 amide bonds. The van der Waals surface area contributed by atoms with Gasteiger partial charge in [0.1, 0.15) is 5.75 Å². The Balaban J connectivity index is 2.31. The summed E-state index contributed by atoms with van der Waals surface area (Å²) in [4.78, 5) is 15.8. The van der Waals surface area contributed by atoms with Crippen LogP contribution in [0.15, 0.2) is 24.3 Å². The summed E-state index contributed by atoms with van der Waals surface area (Å²) < 4.78 is 10.4. The van der Waals surface area contributed by atoms with Crippen LogP contribution in [0.1, 0.15) is 27.2 Å². The van der Waals surface area contributed by atoms with Crippen molar-refractivity contribution < 1.29 is 14.3 Å². The number of nitrogens with zero attached hydrogens (tertiary/aromatic N) is 1. The molecular formula is C16H18N2O3. The molecule has 2 rings (SSSR count). The summed E-state index contributed by atoms with van der Waals surface area (Å²) in [7, 11) is 1.34. The predicted octanol–water partition coefficient (Wildman–Crippen LogP) is 3.17. The van der Waals surface area contributed by atoms with E-state index < -0.39 is 5.97 Å². The second-order valence-corrected chi connectivity index (χ2v) is 4.85. The minimum absolute atomic E-state index is 0.409. The van der Waals surface area contributed by atoms with Crippen LogP contribution in [0.3, 0.4) is 0 Å². The molecule has 0 aliphatic rings. The van der Waals surface area contributed by atoms with Gasteiger partial charge in [0.2, 0.25) is 5.88 Å². The van der Waals surface area contributed by atoms with E-state index in [0.29, 0.717) is 28.6 Å². The number of pyridine rings is 1. The van der Waals surface area contributed by atoms with Gasteiger partial charge >= 0.3 is 5.97 Å². The average Bonchev–Trinajstić information content (AvgIpc) is 2.44. The largest absolute Gasteiger partial charge is 0.465 e. The maximum absolute atomic E-state index is 11.5. The number of nitrogen functional groups attached to an aromatic ring is 1. The lowest BCUT2D eigenvalue weighted by molar-refractivity contribution is 0.0599. The Morgan fingerprint density at radius 2 is 1.86 bits per heavy atom. The zero-order valence-electron chi connectivity index (χ0n) is 12.6. The van der Waals surface area contributed by atoms with Gasteiger partial charge in [-0.15, -0.1) is 0 Å². The molecule has 110 valence electrons. The van der Waals surface area contributed by atoms with Crippen molar-refractivity contribution in [3.05, 3.63) is 46.6 Å². The van der Waals surface area contributed by atoms with Crippen molar-refractivity contribution in [1.29, 1.82) is 0 Å². The molecule has 2 N–H and O–H groups in total. The van der Waals surface area contributed by atoms with E-state index in [9.17, 15) is 4.79 Å². The average molecular weight is 286 g/mol. The van der Waals surface area contributed by atoms with Crippen LogP contribution in [0, 0.1) is 20.8 Å². The second-order valence-electron chi connectivity index (χ2n) is 4.85. The Morgan fingerprint density at radius 1 is 1.14 bits per heavy atom. The van der Waals surface area contributed by atoms with Crippen LogP contribution in [-0.4, -0.2) is 18.1 Å². The smallest absolute Gasteiger partial charge is 0.339 e. The van der Waals surface area contributed by atoms with Crippen molar-refractivity contribution in [3.8, 4) is 11.6 Å². The molecule has 0 fully saturated rings. The summed E-state index contributed by atoms with van der Waals surface area (Å²) in [6, 6.07) is 7.00. The Bertz CT molecular complexity index is 696. The van der Waals surface area contributed by atoms with Gasteiger partial charge in [0.05, 0.1) is 18.4 Å². The van der Waals surface area contributed by atoms with Crippen LogP contribution in [-0.2, 0) is 4.74 Å². The second kappa shape index (κ2) is 5.83. The van der Waals surface area contributed by atoms with Crippen LogP contribution < -0.4 is 10.5 Å². The molecule has 0 saturated heterocycles. The lowest BCUT2D eigenvalue weighted by atomic mass is 10.1. The van der Waals surface area contributed by atoms with Crippen LogP contribution in [0.25, 0.3) is 0 Å². The molecule has 0 atom stereocenters. The van der Waals surface area contributed by atoms with Gasteiger partial charge in [-0.3, -0.25) is 0 Å². The Hall–Kier alpha value is -2.56. The molecule has 0 aliphatic carbocycles. The number of esters is 1. The lowest BCUT2D eigenvalue weighted by Gasteiger charge is -2.11. The van der Waals surface area contributed by atoms with E-state index in [0.717, 1.165) is 11.1 Å². The van der Waals surface area contributed by atoms with Gasteiger partial charge in [-0.2, -0.15) is 0 Å². The summed E-state index contributed by atoms with van der Waals surface area (Å²) in [6.45, 7) is 5.62. The van der Waals surface area contributed by atoms with Crippen molar-refractivity contribution in [1.82, 2.24) is 4.98 Å². The Labute approximate surface area is 123 Å². The van der Waals surface area contributed by atoms with E-state index >= 15 is 0 Å². The molecule has 5 heteroatoms. The van der Waals surface area contributed by atoms with Crippen LogP contribution in [0.2, 0.25) is 0 Å². The molecule has 0 spiro atoms.